The summed E-state index contributed by atoms with van der Waals surface area (Å²) >= 11 is 0. The predicted octanol–water partition coefficient (Wildman–Crippen LogP) is 1.55. The summed E-state index contributed by atoms with van der Waals surface area (Å²) in [5.74, 6) is -0.143. The number of phenolic OH excluding ortho intramolecular Hbond substituents is 1. The molecule has 1 amide bonds. The molecule has 0 aromatic heterocycles. The van der Waals surface area contributed by atoms with Gasteiger partial charge in [0.2, 0.25) is 0 Å². The monoisotopic (exact) mass is 223 g/mol. The highest BCUT2D eigenvalue weighted by Gasteiger charge is 2.20. The maximum Gasteiger partial charge on any atom is 0.251 e. The van der Waals surface area contributed by atoms with E-state index in [4.69, 9.17) is 4.74 Å². The van der Waals surface area contributed by atoms with Crippen LogP contribution in [0, 0.1) is 0 Å². The van der Waals surface area contributed by atoms with Crippen molar-refractivity contribution >= 4 is 5.91 Å². The molecule has 0 aliphatic rings. The third-order valence-electron chi connectivity index (χ3n) is 2.07. The molecule has 0 unspecified atom stereocenters. The Hall–Kier alpha value is -1.55. The minimum absolute atomic E-state index is 0.0807. The summed E-state index contributed by atoms with van der Waals surface area (Å²) < 4.78 is 5.00. The van der Waals surface area contributed by atoms with Crippen molar-refractivity contribution in [1.82, 2.24) is 5.32 Å². The quantitative estimate of drug-likeness (QED) is 0.814. The van der Waals surface area contributed by atoms with Gasteiger partial charge in [-0.2, -0.15) is 0 Å². The largest absolute Gasteiger partial charge is 0.508 e. The van der Waals surface area contributed by atoms with E-state index in [2.05, 4.69) is 5.32 Å². The zero-order valence-corrected chi connectivity index (χ0v) is 9.78. The van der Waals surface area contributed by atoms with Gasteiger partial charge in [0.1, 0.15) is 5.75 Å². The highest BCUT2D eigenvalue weighted by atomic mass is 16.5. The third-order valence-corrected chi connectivity index (χ3v) is 2.07. The van der Waals surface area contributed by atoms with Crippen LogP contribution in [-0.4, -0.2) is 30.3 Å². The summed E-state index contributed by atoms with van der Waals surface area (Å²) in [6, 6.07) is 6.24. The maximum atomic E-state index is 11.8. The normalized spacial score (nSPS) is 11.2. The van der Waals surface area contributed by atoms with Crippen LogP contribution in [0.15, 0.2) is 24.3 Å². The van der Waals surface area contributed by atoms with Crippen molar-refractivity contribution in [3.63, 3.8) is 0 Å². The molecule has 1 aromatic rings. The number of amides is 1. The van der Waals surface area contributed by atoms with Gasteiger partial charge in [0.15, 0.2) is 0 Å². The molecule has 0 heterocycles. The van der Waals surface area contributed by atoms with E-state index in [0.717, 1.165) is 0 Å². The van der Waals surface area contributed by atoms with Gasteiger partial charge >= 0.3 is 0 Å². The lowest BCUT2D eigenvalue weighted by molar-refractivity contribution is 0.0819. The Morgan fingerprint density at radius 1 is 1.50 bits per heavy atom. The number of methoxy groups -OCH3 is 1. The molecule has 4 nitrogen and oxygen atoms in total. The Bertz CT molecular complexity index is 374. The van der Waals surface area contributed by atoms with Crippen LogP contribution < -0.4 is 5.32 Å². The van der Waals surface area contributed by atoms with E-state index in [0.29, 0.717) is 12.2 Å². The summed E-state index contributed by atoms with van der Waals surface area (Å²) in [4.78, 5) is 11.8. The Morgan fingerprint density at radius 2 is 2.19 bits per heavy atom. The average Bonchev–Trinajstić information content (AvgIpc) is 2.16. The molecule has 1 aromatic carbocycles. The molecular weight excluding hydrogens is 206 g/mol. The van der Waals surface area contributed by atoms with Crippen LogP contribution in [0.1, 0.15) is 24.2 Å². The van der Waals surface area contributed by atoms with E-state index in [9.17, 15) is 9.90 Å². The summed E-state index contributed by atoms with van der Waals surface area (Å²) in [5.41, 5.74) is 0.00118. The fraction of sp³-hybridized carbons (Fsp3) is 0.417. The second-order valence-electron chi connectivity index (χ2n) is 4.32. The number of carbonyl (C=O) groups is 1. The summed E-state index contributed by atoms with van der Waals surface area (Å²) in [6.07, 6.45) is 0. The predicted molar refractivity (Wildman–Crippen MR) is 61.5 cm³/mol. The number of rotatable bonds is 4. The standard InChI is InChI=1S/C12H17NO3/c1-12(2,8-16-3)13-11(15)9-5-4-6-10(14)7-9/h4-7,14H,8H2,1-3H3,(H,13,15). The van der Waals surface area contributed by atoms with Gasteiger partial charge in [-0.3, -0.25) is 4.79 Å². The Labute approximate surface area is 95.2 Å². The topological polar surface area (TPSA) is 58.6 Å². The smallest absolute Gasteiger partial charge is 0.251 e. The number of ether oxygens (including phenoxy) is 1. The first-order valence-electron chi connectivity index (χ1n) is 5.05. The lowest BCUT2D eigenvalue weighted by atomic mass is 10.1. The van der Waals surface area contributed by atoms with E-state index in [1.54, 1.807) is 19.2 Å². The van der Waals surface area contributed by atoms with Gasteiger partial charge in [0, 0.05) is 12.7 Å². The number of phenols is 1. The number of hydrogen-bond acceptors (Lipinski definition) is 3. The van der Waals surface area contributed by atoms with Gasteiger partial charge < -0.3 is 15.2 Å². The molecular formula is C12H17NO3. The van der Waals surface area contributed by atoms with Crippen LogP contribution in [0.2, 0.25) is 0 Å². The van der Waals surface area contributed by atoms with Crippen LogP contribution in [0.4, 0.5) is 0 Å². The van der Waals surface area contributed by atoms with E-state index >= 15 is 0 Å². The minimum Gasteiger partial charge on any atom is -0.508 e. The SMILES string of the molecule is COCC(C)(C)NC(=O)c1cccc(O)c1. The van der Waals surface area contributed by atoms with Gasteiger partial charge in [0.05, 0.1) is 12.1 Å². The number of aromatic hydroxyl groups is 1. The number of nitrogens with one attached hydrogen (secondary N) is 1. The fourth-order valence-electron chi connectivity index (χ4n) is 1.42. The van der Waals surface area contributed by atoms with Crippen molar-refractivity contribution in [3.05, 3.63) is 29.8 Å². The first kappa shape index (κ1) is 12.5. The molecule has 0 fully saturated rings. The number of carbonyl (C=O) groups excluding carboxylic acids is 1. The van der Waals surface area contributed by atoms with Crippen LogP contribution in [0.25, 0.3) is 0 Å². The van der Waals surface area contributed by atoms with Crippen molar-refractivity contribution in [2.75, 3.05) is 13.7 Å². The molecule has 0 aliphatic carbocycles. The molecule has 0 aliphatic heterocycles. The van der Waals surface area contributed by atoms with Crippen molar-refractivity contribution in [2.24, 2.45) is 0 Å². The molecule has 4 heteroatoms. The van der Waals surface area contributed by atoms with Crippen LogP contribution in [0.5, 0.6) is 5.75 Å². The first-order valence-corrected chi connectivity index (χ1v) is 5.05. The summed E-state index contributed by atoms with van der Waals surface area (Å²) in [7, 11) is 1.59. The maximum absolute atomic E-state index is 11.8. The van der Waals surface area contributed by atoms with E-state index in [1.807, 2.05) is 13.8 Å². The lowest BCUT2D eigenvalue weighted by Gasteiger charge is -2.25. The molecule has 2 N–H and O–H groups in total. The number of hydrogen-bond donors (Lipinski definition) is 2. The van der Waals surface area contributed by atoms with Gasteiger partial charge in [0.25, 0.3) is 5.91 Å². The zero-order chi connectivity index (χ0) is 12.2. The summed E-state index contributed by atoms with van der Waals surface area (Å²) in [5, 5.41) is 12.1. The molecule has 0 saturated heterocycles. The third kappa shape index (κ3) is 3.55. The molecule has 0 spiro atoms. The van der Waals surface area contributed by atoms with Gasteiger partial charge in [-0.1, -0.05) is 6.07 Å². The van der Waals surface area contributed by atoms with Gasteiger partial charge in [-0.05, 0) is 32.0 Å². The van der Waals surface area contributed by atoms with Crippen molar-refractivity contribution in [2.45, 2.75) is 19.4 Å². The second-order valence-corrected chi connectivity index (χ2v) is 4.32. The van der Waals surface area contributed by atoms with Crippen LogP contribution in [-0.2, 0) is 4.74 Å². The molecule has 16 heavy (non-hydrogen) atoms. The molecule has 1 rings (SSSR count). The molecule has 0 saturated carbocycles. The van der Waals surface area contributed by atoms with Crippen LogP contribution in [0.3, 0.4) is 0 Å². The van der Waals surface area contributed by atoms with Crippen molar-refractivity contribution < 1.29 is 14.6 Å². The number of benzene rings is 1. The van der Waals surface area contributed by atoms with Gasteiger partial charge in [-0.15, -0.1) is 0 Å². The fourth-order valence-corrected chi connectivity index (χ4v) is 1.42. The highest BCUT2D eigenvalue weighted by molar-refractivity contribution is 5.95. The highest BCUT2D eigenvalue weighted by Crippen LogP contribution is 2.12. The van der Waals surface area contributed by atoms with Crippen LogP contribution >= 0.6 is 0 Å². The van der Waals surface area contributed by atoms with E-state index in [-0.39, 0.29) is 11.7 Å². The van der Waals surface area contributed by atoms with Crippen molar-refractivity contribution in [3.8, 4) is 5.75 Å². The second kappa shape index (κ2) is 4.99. The lowest BCUT2D eigenvalue weighted by Crippen LogP contribution is -2.46. The Morgan fingerprint density at radius 3 is 2.75 bits per heavy atom. The minimum atomic E-state index is -0.433. The van der Waals surface area contributed by atoms with Gasteiger partial charge in [-0.25, -0.2) is 0 Å². The Balaban J connectivity index is 2.72. The van der Waals surface area contributed by atoms with Crippen molar-refractivity contribution in [1.29, 1.82) is 0 Å². The molecule has 88 valence electrons. The molecule has 0 bridgehead atoms. The molecule has 0 atom stereocenters. The molecule has 0 radical (unpaired) electrons. The first-order chi connectivity index (χ1) is 7.44. The average molecular weight is 223 g/mol. The zero-order valence-electron chi connectivity index (χ0n) is 9.78. The summed E-state index contributed by atoms with van der Waals surface area (Å²) in [6.45, 7) is 4.17. The van der Waals surface area contributed by atoms with E-state index < -0.39 is 5.54 Å². The Kier molecular flexibility index (Phi) is 3.90. The van der Waals surface area contributed by atoms with E-state index in [1.165, 1.54) is 12.1 Å².